The van der Waals surface area contributed by atoms with Crippen molar-refractivity contribution in [2.75, 3.05) is 0 Å². The molecule has 190 valence electrons. The van der Waals surface area contributed by atoms with Gasteiger partial charge in [0.05, 0.1) is 6.42 Å². The number of aliphatic carboxylic acids is 1. The minimum atomic E-state index is -2.62. The van der Waals surface area contributed by atoms with Crippen molar-refractivity contribution in [3.05, 3.63) is 96.3 Å². The van der Waals surface area contributed by atoms with Crippen LogP contribution in [0.3, 0.4) is 0 Å². The Labute approximate surface area is 215 Å². The van der Waals surface area contributed by atoms with Gasteiger partial charge in [-0.05, 0) is 70.6 Å². The van der Waals surface area contributed by atoms with Crippen LogP contribution in [0.15, 0.2) is 84.9 Å². The predicted molar refractivity (Wildman–Crippen MR) is 146 cm³/mol. The van der Waals surface area contributed by atoms with E-state index in [1.54, 1.807) is 12.1 Å². The Morgan fingerprint density at radius 2 is 1.39 bits per heavy atom. The van der Waals surface area contributed by atoms with Crippen molar-refractivity contribution in [1.82, 2.24) is 0 Å². The van der Waals surface area contributed by atoms with E-state index in [4.69, 9.17) is 4.43 Å². The van der Waals surface area contributed by atoms with E-state index in [-0.39, 0.29) is 35.2 Å². The monoisotopic (exact) mass is 504 g/mol. The molecule has 0 spiro atoms. The molecule has 36 heavy (non-hydrogen) atoms. The van der Waals surface area contributed by atoms with E-state index in [9.17, 15) is 14.3 Å². The molecule has 0 bridgehead atoms. The molecule has 1 fully saturated rings. The maximum Gasteiger partial charge on any atom is 0.303 e. The highest BCUT2D eigenvalue weighted by molar-refractivity contribution is 6.99. The zero-order valence-corrected chi connectivity index (χ0v) is 22.5. The Kier molecular flexibility index (Phi) is 8.11. The second-order valence-corrected chi connectivity index (χ2v) is 15.3. The molecule has 0 amide bonds. The van der Waals surface area contributed by atoms with Gasteiger partial charge in [0.25, 0.3) is 8.32 Å². The van der Waals surface area contributed by atoms with E-state index in [0.29, 0.717) is 0 Å². The van der Waals surface area contributed by atoms with Crippen molar-refractivity contribution >= 4 is 24.7 Å². The van der Waals surface area contributed by atoms with Gasteiger partial charge in [-0.2, -0.15) is 0 Å². The third-order valence-electron chi connectivity index (χ3n) is 7.74. The van der Waals surface area contributed by atoms with Crippen LogP contribution in [0.5, 0.6) is 0 Å². The molecule has 0 aromatic heterocycles. The molecule has 1 aliphatic carbocycles. The minimum Gasteiger partial charge on any atom is -0.481 e. The van der Waals surface area contributed by atoms with E-state index >= 15 is 0 Å². The normalized spacial score (nSPS) is 19.6. The summed E-state index contributed by atoms with van der Waals surface area (Å²) in [5.74, 6) is -0.979. The largest absolute Gasteiger partial charge is 0.481 e. The Hall–Kier alpha value is -2.76. The van der Waals surface area contributed by atoms with Crippen LogP contribution < -0.4 is 10.4 Å². The number of benzene rings is 3. The Bertz CT molecular complexity index is 1080. The average molecular weight is 505 g/mol. The van der Waals surface area contributed by atoms with Gasteiger partial charge in [-0.15, -0.1) is 0 Å². The van der Waals surface area contributed by atoms with Crippen LogP contribution in [0.1, 0.15) is 64.4 Å². The molecule has 0 heterocycles. The molecule has 0 aliphatic heterocycles. The summed E-state index contributed by atoms with van der Waals surface area (Å²) < 4.78 is 20.8. The lowest BCUT2D eigenvalue weighted by Crippen LogP contribution is -2.67. The predicted octanol–water partition coefficient (Wildman–Crippen LogP) is 6.52. The van der Waals surface area contributed by atoms with E-state index in [1.807, 2.05) is 0 Å². The van der Waals surface area contributed by atoms with Crippen LogP contribution in [0.25, 0.3) is 0 Å². The molecular formula is C31H37FO3Si. The van der Waals surface area contributed by atoms with Gasteiger partial charge in [-0.25, -0.2) is 4.39 Å². The van der Waals surface area contributed by atoms with Crippen molar-refractivity contribution in [3.63, 3.8) is 0 Å². The summed E-state index contributed by atoms with van der Waals surface area (Å²) >= 11 is 0. The maximum atomic E-state index is 13.5. The average Bonchev–Trinajstić information content (AvgIpc) is 2.87. The van der Waals surface area contributed by atoms with Gasteiger partial charge < -0.3 is 9.53 Å². The summed E-state index contributed by atoms with van der Waals surface area (Å²) in [6, 6.07) is 27.7. The molecule has 5 heteroatoms. The molecule has 1 saturated carbocycles. The first kappa shape index (κ1) is 26.3. The lowest BCUT2D eigenvalue weighted by atomic mass is 9.74. The maximum absolute atomic E-state index is 13.5. The third-order valence-corrected chi connectivity index (χ3v) is 12.8. The van der Waals surface area contributed by atoms with Crippen LogP contribution in [0.2, 0.25) is 5.04 Å². The molecule has 0 saturated heterocycles. The van der Waals surface area contributed by atoms with Crippen molar-refractivity contribution in [2.24, 2.45) is 5.92 Å². The van der Waals surface area contributed by atoms with Gasteiger partial charge in [0, 0.05) is 6.10 Å². The molecule has 3 aromatic rings. The number of hydrogen-bond donors (Lipinski definition) is 1. The number of rotatable bonds is 8. The summed E-state index contributed by atoms with van der Waals surface area (Å²) in [7, 11) is -2.62. The van der Waals surface area contributed by atoms with Crippen molar-refractivity contribution in [1.29, 1.82) is 0 Å². The zero-order chi connectivity index (χ0) is 25.8. The Morgan fingerprint density at radius 3 is 1.83 bits per heavy atom. The molecular weight excluding hydrogens is 467 g/mol. The van der Waals surface area contributed by atoms with Crippen molar-refractivity contribution in [3.8, 4) is 0 Å². The number of halogens is 1. The van der Waals surface area contributed by atoms with Crippen molar-refractivity contribution in [2.45, 2.75) is 69.9 Å². The Balaban J connectivity index is 1.60. The number of carbonyl (C=O) groups is 1. The zero-order valence-electron chi connectivity index (χ0n) is 21.5. The van der Waals surface area contributed by atoms with Crippen LogP contribution in [-0.2, 0) is 9.22 Å². The van der Waals surface area contributed by atoms with Crippen molar-refractivity contribution < 1.29 is 18.7 Å². The summed E-state index contributed by atoms with van der Waals surface area (Å²) in [6.07, 6.45) is 3.78. The van der Waals surface area contributed by atoms with Gasteiger partial charge >= 0.3 is 5.97 Å². The fourth-order valence-corrected chi connectivity index (χ4v) is 10.8. The van der Waals surface area contributed by atoms with Crippen LogP contribution in [-0.4, -0.2) is 25.5 Å². The molecule has 1 aliphatic rings. The molecule has 0 radical (unpaired) electrons. The van der Waals surface area contributed by atoms with Gasteiger partial charge in [0.1, 0.15) is 5.82 Å². The van der Waals surface area contributed by atoms with Gasteiger partial charge in [0.2, 0.25) is 0 Å². The minimum absolute atomic E-state index is 0.0660. The SMILES string of the molecule is CC(C)(C)[Si](OC1CCC(C(CC(=O)O)c2ccc(F)cc2)CC1)(c1ccccc1)c1ccccc1. The van der Waals surface area contributed by atoms with Crippen LogP contribution in [0.4, 0.5) is 4.39 Å². The topological polar surface area (TPSA) is 46.5 Å². The lowest BCUT2D eigenvalue weighted by molar-refractivity contribution is -0.137. The summed E-state index contributed by atoms with van der Waals surface area (Å²) in [5, 5.41) is 12.1. The van der Waals surface area contributed by atoms with Crippen LogP contribution in [0, 0.1) is 11.7 Å². The standard InChI is InChI=1S/C31H37FO3Si/c1-31(2,3)36(27-10-6-4-7-11-27,28-12-8-5-9-13-28)35-26-20-16-24(17-21-26)29(22-30(33)34)23-14-18-25(32)19-15-23/h4-15,18-19,24,26,29H,16-17,20-22H2,1-3H3,(H,33,34). The number of hydrogen-bond acceptors (Lipinski definition) is 2. The van der Waals surface area contributed by atoms with E-state index in [0.717, 1.165) is 31.2 Å². The van der Waals surface area contributed by atoms with Gasteiger partial charge in [-0.1, -0.05) is 93.6 Å². The van der Waals surface area contributed by atoms with E-state index in [2.05, 4.69) is 81.4 Å². The molecule has 3 aromatic carbocycles. The first-order chi connectivity index (χ1) is 17.2. The highest BCUT2D eigenvalue weighted by atomic mass is 28.4. The first-order valence-electron chi connectivity index (χ1n) is 13.0. The summed E-state index contributed by atoms with van der Waals surface area (Å²) in [4.78, 5) is 11.7. The first-order valence-corrected chi connectivity index (χ1v) is 14.9. The second kappa shape index (κ2) is 11.1. The highest BCUT2D eigenvalue weighted by Crippen LogP contribution is 2.43. The summed E-state index contributed by atoms with van der Waals surface area (Å²) in [6.45, 7) is 6.88. The van der Waals surface area contributed by atoms with E-state index < -0.39 is 14.3 Å². The number of carboxylic acids is 1. The third kappa shape index (κ3) is 5.63. The fourth-order valence-electron chi connectivity index (χ4n) is 6.00. The summed E-state index contributed by atoms with van der Waals surface area (Å²) in [5.41, 5.74) is 0.912. The molecule has 1 unspecified atom stereocenters. The van der Waals surface area contributed by atoms with Crippen LogP contribution >= 0.6 is 0 Å². The fraction of sp³-hybridized carbons (Fsp3) is 0.387. The number of carboxylic acid groups (broad SMARTS) is 1. The lowest BCUT2D eigenvalue weighted by Gasteiger charge is -2.46. The quantitative estimate of drug-likeness (QED) is 0.355. The molecule has 3 nitrogen and oxygen atoms in total. The smallest absolute Gasteiger partial charge is 0.303 e. The second-order valence-electron chi connectivity index (χ2n) is 11.1. The molecule has 4 rings (SSSR count). The molecule has 1 N–H and O–H groups in total. The molecule has 1 atom stereocenters. The highest BCUT2D eigenvalue weighted by Gasteiger charge is 2.51. The van der Waals surface area contributed by atoms with E-state index in [1.165, 1.54) is 22.5 Å². The van der Waals surface area contributed by atoms with Gasteiger partial charge in [0.15, 0.2) is 0 Å². The Morgan fingerprint density at radius 1 is 0.889 bits per heavy atom. The van der Waals surface area contributed by atoms with Gasteiger partial charge in [-0.3, -0.25) is 4.79 Å².